The van der Waals surface area contributed by atoms with E-state index < -0.39 is 0 Å². The minimum atomic E-state index is -0.0503. The average molecular weight is 230 g/mol. The van der Waals surface area contributed by atoms with E-state index in [0.717, 1.165) is 10.6 Å². The van der Waals surface area contributed by atoms with Crippen LogP contribution in [0.3, 0.4) is 0 Å². The van der Waals surface area contributed by atoms with Crippen molar-refractivity contribution >= 4 is 11.6 Å². The van der Waals surface area contributed by atoms with Gasteiger partial charge in [-0.1, -0.05) is 23.7 Å². The molecule has 0 heterocycles. The van der Waals surface area contributed by atoms with Gasteiger partial charge in [0.15, 0.2) is 0 Å². The molecule has 1 rings (SSSR count). The van der Waals surface area contributed by atoms with Gasteiger partial charge in [0.1, 0.15) is 0 Å². The average Bonchev–Trinajstić information content (AvgIpc) is 2.26. The van der Waals surface area contributed by atoms with Crippen molar-refractivity contribution in [2.45, 2.75) is 12.7 Å². The molecule has 0 aromatic heterocycles. The van der Waals surface area contributed by atoms with Gasteiger partial charge < -0.3 is 15.2 Å². The highest BCUT2D eigenvalue weighted by molar-refractivity contribution is 6.30. The van der Waals surface area contributed by atoms with Gasteiger partial charge in [0.25, 0.3) is 0 Å². The lowest BCUT2D eigenvalue weighted by Gasteiger charge is -2.14. The highest BCUT2D eigenvalue weighted by Gasteiger charge is 2.06. The van der Waals surface area contributed by atoms with Gasteiger partial charge in [0.2, 0.25) is 0 Å². The Hall–Kier alpha value is -0.610. The summed E-state index contributed by atoms with van der Waals surface area (Å²) < 4.78 is 10.5. The molecule has 15 heavy (non-hydrogen) atoms. The smallest absolute Gasteiger partial charge is 0.0934 e. The molecule has 3 nitrogen and oxygen atoms in total. The molecule has 0 saturated heterocycles. The molecule has 0 aliphatic rings. The second-order valence-corrected chi connectivity index (χ2v) is 3.69. The van der Waals surface area contributed by atoms with Gasteiger partial charge in [-0.05, 0) is 17.7 Å². The molecular weight excluding hydrogens is 214 g/mol. The normalized spacial score (nSPS) is 12.7. The molecule has 0 fully saturated rings. The van der Waals surface area contributed by atoms with Gasteiger partial charge in [-0.3, -0.25) is 0 Å². The third-order valence-corrected chi connectivity index (χ3v) is 2.27. The Balaban J connectivity index is 2.38. The molecule has 0 saturated carbocycles. The summed E-state index contributed by atoms with van der Waals surface area (Å²) in [6.45, 7) is 1.51. The lowest BCUT2D eigenvalue weighted by molar-refractivity contribution is -0.00562. The van der Waals surface area contributed by atoms with Gasteiger partial charge in [-0.2, -0.15) is 0 Å². The van der Waals surface area contributed by atoms with Crippen molar-refractivity contribution in [3.8, 4) is 0 Å². The summed E-state index contributed by atoms with van der Waals surface area (Å²) in [7, 11) is 1.63. The topological polar surface area (TPSA) is 44.5 Å². The molecule has 0 aliphatic heterocycles. The molecule has 0 bridgehead atoms. The summed E-state index contributed by atoms with van der Waals surface area (Å²) in [5, 5.41) is 0.728. The molecule has 2 N–H and O–H groups in total. The number of hydrogen-bond donors (Lipinski definition) is 1. The van der Waals surface area contributed by atoms with Crippen LogP contribution in [-0.4, -0.2) is 26.4 Å². The first-order valence-corrected chi connectivity index (χ1v) is 5.19. The van der Waals surface area contributed by atoms with Gasteiger partial charge in [0, 0.05) is 18.7 Å². The van der Waals surface area contributed by atoms with Crippen LogP contribution in [0.5, 0.6) is 0 Å². The molecule has 0 radical (unpaired) electrons. The molecule has 1 aromatic carbocycles. The Morgan fingerprint density at radius 1 is 1.33 bits per heavy atom. The van der Waals surface area contributed by atoms with Crippen molar-refractivity contribution in [3.05, 3.63) is 34.9 Å². The summed E-state index contributed by atoms with van der Waals surface area (Å²) in [6.07, 6.45) is -0.0503. The van der Waals surface area contributed by atoms with E-state index in [1.807, 2.05) is 24.3 Å². The zero-order valence-corrected chi connectivity index (χ0v) is 9.54. The van der Waals surface area contributed by atoms with Crippen LogP contribution in [-0.2, 0) is 16.1 Å². The summed E-state index contributed by atoms with van der Waals surface area (Å²) in [5.74, 6) is 0. The Bertz CT molecular complexity index is 276. The second kappa shape index (κ2) is 6.80. The maximum absolute atomic E-state index is 5.77. The maximum Gasteiger partial charge on any atom is 0.0934 e. The van der Waals surface area contributed by atoms with E-state index >= 15 is 0 Å². The fraction of sp³-hybridized carbons (Fsp3) is 0.455. The van der Waals surface area contributed by atoms with E-state index in [4.69, 9.17) is 26.8 Å². The zero-order chi connectivity index (χ0) is 11.1. The van der Waals surface area contributed by atoms with E-state index in [1.54, 1.807) is 7.11 Å². The van der Waals surface area contributed by atoms with Crippen molar-refractivity contribution in [1.29, 1.82) is 0 Å². The molecule has 1 aromatic rings. The molecule has 4 heteroatoms. The van der Waals surface area contributed by atoms with Crippen LogP contribution < -0.4 is 5.73 Å². The van der Waals surface area contributed by atoms with Crippen molar-refractivity contribution in [1.82, 2.24) is 0 Å². The van der Waals surface area contributed by atoms with Crippen LogP contribution >= 0.6 is 11.6 Å². The highest BCUT2D eigenvalue weighted by atomic mass is 35.5. The number of halogens is 1. The van der Waals surface area contributed by atoms with Gasteiger partial charge in [-0.15, -0.1) is 0 Å². The third-order valence-electron chi connectivity index (χ3n) is 2.01. The minimum Gasteiger partial charge on any atom is -0.382 e. The van der Waals surface area contributed by atoms with E-state index in [1.165, 1.54) is 0 Å². The van der Waals surface area contributed by atoms with Crippen molar-refractivity contribution in [3.63, 3.8) is 0 Å². The van der Waals surface area contributed by atoms with Crippen LogP contribution in [0.2, 0.25) is 5.02 Å². The van der Waals surface area contributed by atoms with Crippen LogP contribution in [0.25, 0.3) is 0 Å². The number of ether oxygens (including phenoxy) is 2. The summed E-state index contributed by atoms with van der Waals surface area (Å²) in [6, 6.07) is 7.55. The number of hydrogen-bond acceptors (Lipinski definition) is 3. The molecule has 84 valence electrons. The molecule has 0 amide bonds. The van der Waals surface area contributed by atoms with Crippen LogP contribution in [0.4, 0.5) is 0 Å². The molecule has 0 spiro atoms. The largest absolute Gasteiger partial charge is 0.382 e. The molecule has 0 aliphatic carbocycles. The van der Waals surface area contributed by atoms with E-state index in [9.17, 15) is 0 Å². The zero-order valence-electron chi connectivity index (χ0n) is 8.78. The highest BCUT2D eigenvalue weighted by Crippen LogP contribution is 2.10. The van der Waals surface area contributed by atoms with Crippen molar-refractivity contribution in [2.75, 3.05) is 20.3 Å². The van der Waals surface area contributed by atoms with Gasteiger partial charge >= 0.3 is 0 Å². The molecule has 1 atom stereocenters. The van der Waals surface area contributed by atoms with E-state index in [-0.39, 0.29) is 6.10 Å². The number of benzene rings is 1. The first-order valence-electron chi connectivity index (χ1n) is 4.81. The first kappa shape index (κ1) is 12.5. The SMILES string of the molecule is COCC(CN)OCc1ccc(Cl)cc1. The Morgan fingerprint density at radius 2 is 2.00 bits per heavy atom. The fourth-order valence-electron chi connectivity index (χ4n) is 1.16. The standard InChI is InChI=1S/C11H16ClNO2/c1-14-8-11(6-13)15-7-9-2-4-10(12)5-3-9/h2-5,11H,6-8,13H2,1H3. The van der Waals surface area contributed by atoms with Crippen LogP contribution in [0.1, 0.15) is 5.56 Å². The maximum atomic E-state index is 5.77. The summed E-state index contributed by atoms with van der Waals surface area (Å²) in [4.78, 5) is 0. The van der Waals surface area contributed by atoms with Crippen molar-refractivity contribution < 1.29 is 9.47 Å². The van der Waals surface area contributed by atoms with Crippen LogP contribution in [0, 0.1) is 0 Å². The van der Waals surface area contributed by atoms with Crippen molar-refractivity contribution in [2.24, 2.45) is 5.73 Å². The lowest BCUT2D eigenvalue weighted by Crippen LogP contribution is -2.28. The molecular formula is C11H16ClNO2. The summed E-state index contributed by atoms with van der Waals surface area (Å²) >= 11 is 5.77. The predicted molar refractivity (Wildman–Crippen MR) is 61.0 cm³/mol. The monoisotopic (exact) mass is 229 g/mol. The number of rotatable bonds is 6. The third kappa shape index (κ3) is 4.62. The Kier molecular flexibility index (Phi) is 5.65. The van der Waals surface area contributed by atoms with E-state index in [2.05, 4.69) is 0 Å². The molecule has 1 unspecified atom stereocenters. The van der Waals surface area contributed by atoms with E-state index in [0.29, 0.717) is 19.8 Å². The Labute approximate surface area is 95.1 Å². The lowest BCUT2D eigenvalue weighted by atomic mass is 10.2. The minimum absolute atomic E-state index is 0.0503. The number of nitrogens with two attached hydrogens (primary N) is 1. The fourth-order valence-corrected chi connectivity index (χ4v) is 1.29. The first-order chi connectivity index (χ1) is 7.26. The second-order valence-electron chi connectivity index (χ2n) is 3.25. The van der Waals surface area contributed by atoms with Gasteiger partial charge in [0.05, 0.1) is 19.3 Å². The van der Waals surface area contributed by atoms with Crippen LogP contribution in [0.15, 0.2) is 24.3 Å². The predicted octanol–water partition coefficient (Wildman–Crippen LogP) is 1.83. The Morgan fingerprint density at radius 3 is 2.53 bits per heavy atom. The number of methoxy groups -OCH3 is 1. The quantitative estimate of drug-likeness (QED) is 0.810. The summed E-state index contributed by atoms with van der Waals surface area (Å²) in [5.41, 5.74) is 6.60. The van der Waals surface area contributed by atoms with Gasteiger partial charge in [-0.25, -0.2) is 0 Å².